The van der Waals surface area contributed by atoms with E-state index in [2.05, 4.69) is 43.2 Å². The first-order valence-electron chi connectivity index (χ1n) is 12.3. The molecule has 1 saturated heterocycles. The monoisotopic (exact) mass is 509 g/mol. The van der Waals surface area contributed by atoms with Crippen LogP contribution in [0.1, 0.15) is 28.8 Å². The summed E-state index contributed by atoms with van der Waals surface area (Å²) in [7, 11) is 0. The molecular weight excluding hydrogens is 482 g/mol. The van der Waals surface area contributed by atoms with Gasteiger partial charge in [-0.2, -0.15) is 0 Å². The first kappa shape index (κ1) is 23.2. The van der Waals surface area contributed by atoms with Gasteiger partial charge in [-0.05, 0) is 74.0 Å². The van der Waals surface area contributed by atoms with Crippen LogP contribution in [0.15, 0.2) is 78.4 Å². The maximum atomic E-state index is 12.6. The molecule has 5 aromatic rings. The quantitative estimate of drug-likeness (QED) is 0.246. The Morgan fingerprint density at radius 1 is 1.03 bits per heavy atom. The third-order valence-corrected chi connectivity index (χ3v) is 7.30. The number of hydrogen-bond donors (Lipinski definition) is 3. The molecule has 1 aliphatic rings. The van der Waals surface area contributed by atoms with Gasteiger partial charge in [0.15, 0.2) is 5.13 Å². The third kappa shape index (κ3) is 5.04. The van der Waals surface area contributed by atoms with Crippen molar-refractivity contribution in [3.63, 3.8) is 0 Å². The SMILES string of the molecule is Nc1ccccc1NC(=O)c1ccc(Nc2nc(-c3cnc4ccc(CN5CCCC5)cn34)cs2)cc1. The zero-order chi connectivity index (χ0) is 25.2. The van der Waals surface area contributed by atoms with Crippen LogP contribution in [0.3, 0.4) is 0 Å². The summed E-state index contributed by atoms with van der Waals surface area (Å²) < 4.78 is 2.12. The minimum absolute atomic E-state index is 0.210. The number of nitrogens with two attached hydrogens (primary N) is 1. The largest absolute Gasteiger partial charge is 0.397 e. The molecule has 0 saturated carbocycles. The molecular formula is C28H27N7OS. The second-order valence-electron chi connectivity index (χ2n) is 9.17. The zero-order valence-corrected chi connectivity index (χ0v) is 21.0. The number of nitrogen functional groups attached to an aromatic ring is 1. The molecule has 6 rings (SSSR count). The average molecular weight is 510 g/mol. The van der Waals surface area contributed by atoms with Gasteiger partial charge in [0.05, 0.1) is 23.3 Å². The number of nitrogens with one attached hydrogen (secondary N) is 2. The van der Waals surface area contributed by atoms with E-state index in [1.807, 2.05) is 35.8 Å². The summed E-state index contributed by atoms with van der Waals surface area (Å²) >= 11 is 1.53. The number of fused-ring (bicyclic) bond motifs is 1. The van der Waals surface area contributed by atoms with Crippen LogP contribution in [-0.2, 0) is 6.54 Å². The second kappa shape index (κ2) is 10.0. The van der Waals surface area contributed by atoms with E-state index < -0.39 is 0 Å². The molecule has 0 bridgehead atoms. The van der Waals surface area contributed by atoms with Crippen molar-refractivity contribution < 1.29 is 4.79 Å². The molecule has 8 nitrogen and oxygen atoms in total. The fraction of sp³-hybridized carbons (Fsp3) is 0.179. The van der Waals surface area contributed by atoms with E-state index in [0.29, 0.717) is 16.9 Å². The van der Waals surface area contributed by atoms with Crippen LogP contribution in [0.25, 0.3) is 17.0 Å². The number of thiazole rings is 1. The van der Waals surface area contributed by atoms with Gasteiger partial charge in [-0.15, -0.1) is 11.3 Å². The average Bonchev–Trinajstić information content (AvgIpc) is 3.67. The molecule has 4 N–H and O–H groups in total. The van der Waals surface area contributed by atoms with E-state index in [-0.39, 0.29) is 5.91 Å². The number of benzene rings is 2. The number of pyridine rings is 1. The van der Waals surface area contributed by atoms with Gasteiger partial charge in [-0.3, -0.25) is 14.1 Å². The molecule has 186 valence electrons. The molecule has 0 atom stereocenters. The molecule has 9 heteroatoms. The van der Waals surface area contributed by atoms with Crippen molar-refractivity contribution in [1.82, 2.24) is 19.3 Å². The summed E-state index contributed by atoms with van der Waals surface area (Å²) in [6.07, 6.45) is 6.62. The molecule has 0 unspecified atom stereocenters. The van der Waals surface area contributed by atoms with E-state index in [0.717, 1.165) is 34.4 Å². The summed E-state index contributed by atoms with van der Waals surface area (Å²) in [6.45, 7) is 3.30. The predicted octanol–water partition coefficient (Wildman–Crippen LogP) is 5.63. The number of carbonyl (C=O) groups excluding carboxylic acids is 1. The van der Waals surface area contributed by atoms with Crippen LogP contribution < -0.4 is 16.4 Å². The van der Waals surface area contributed by atoms with Gasteiger partial charge in [-0.1, -0.05) is 18.2 Å². The highest BCUT2D eigenvalue weighted by Crippen LogP contribution is 2.28. The van der Waals surface area contributed by atoms with Gasteiger partial charge in [0.25, 0.3) is 5.91 Å². The van der Waals surface area contributed by atoms with Gasteiger partial charge < -0.3 is 16.4 Å². The maximum absolute atomic E-state index is 12.6. The Hall–Kier alpha value is -4.21. The molecule has 2 aromatic carbocycles. The van der Waals surface area contributed by atoms with E-state index in [9.17, 15) is 4.79 Å². The molecule has 1 fully saturated rings. The Kier molecular flexibility index (Phi) is 6.30. The number of hydrogen-bond acceptors (Lipinski definition) is 7. The van der Waals surface area contributed by atoms with Crippen molar-refractivity contribution in [3.05, 3.63) is 89.6 Å². The normalized spacial score (nSPS) is 13.7. The molecule has 1 amide bonds. The lowest BCUT2D eigenvalue weighted by Gasteiger charge is -2.14. The van der Waals surface area contributed by atoms with Crippen molar-refractivity contribution in [2.45, 2.75) is 19.4 Å². The number of nitrogens with zero attached hydrogens (tertiary/aromatic N) is 4. The Balaban J connectivity index is 1.15. The minimum atomic E-state index is -0.210. The summed E-state index contributed by atoms with van der Waals surface area (Å²) in [4.78, 5) is 24.5. The van der Waals surface area contributed by atoms with Crippen molar-refractivity contribution >= 4 is 45.1 Å². The van der Waals surface area contributed by atoms with Crippen molar-refractivity contribution in [3.8, 4) is 11.4 Å². The van der Waals surface area contributed by atoms with Crippen molar-refractivity contribution in [1.29, 1.82) is 0 Å². The van der Waals surface area contributed by atoms with Crippen LogP contribution >= 0.6 is 11.3 Å². The van der Waals surface area contributed by atoms with E-state index in [1.165, 1.54) is 42.8 Å². The van der Waals surface area contributed by atoms with Gasteiger partial charge >= 0.3 is 0 Å². The van der Waals surface area contributed by atoms with Gasteiger partial charge in [-0.25, -0.2) is 9.97 Å². The summed E-state index contributed by atoms with van der Waals surface area (Å²) in [5.41, 5.74) is 12.5. The van der Waals surface area contributed by atoms with E-state index >= 15 is 0 Å². The van der Waals surface area contributed by atoms with E-state index in [4.69, 9.17) is 10.7 Å². The van der Waals surface area contributed by atoms with Crippen molar-refractivity contribution in [2.75, 3.05) is 29.5 Å². The van der Waals surface area contributed by atoms with Crippen LogP contribution in [-0.4, -0.2) is 38.3 Å². The highest BCUT2D eigenvalue weighted by Gasteiger charge is 2.15. The topological polar surface area (TPSA) is 101 Å². The molecule has 0 radical (unpaired) electrons. The lowest BCUT2D eigenvalue weighted by molar-refractivity contribution is 0.102. The molecule has 1 aliphatic heterocycles. The third-order valence-electron chi connectivity index (χ3n) is 6.55. The molecule has 0 aliphatic carbocycles. The number of aromatic nitrogens is 3. The Morgan fingerprint density at radius 3 is 2.65 bits per heavy atom. The summed E-state index contributed by atoms with van der Waals surface area (Å²) in [5, 5.41) is 8.99. The molecule has 37 heavy (non-hydrogen) atoms. The highest BCUT2D eigenvalue weighted by molar-refractivity contribution is 7.14. The van der Waals surface area contributed by atoms with Crippen LogP contribution in [0.5, 0.6) is 0 Å². The fourth-order valence-electron chi connectivity index (χ4n) is 4.59. The highest BCUT2D eigenvalue weighted by atomic mass is 32.1. The standard InChI is InChI=1S/C28H27N7OS/c29-22-5-1-2-6-23(22)32-27(36)20-8-10-21(11-9-20)31-28-33-24(18-37-28)25-15-30-26-12-7-19(17-35(25)26)16-34-13-3-4-14-34/h1-2,5-12,15,17-18H,3-4,13-14,16,29H2,(H,31,33)(H,32,36). The number of likely N-dealkylation sites (tertiary alicyclic amines) is 1. The number of amides is 1. The second-order valence-corrected chi connectivity index (χ2v) is 10.0. The summed E-state index contributed by atoms with van der Waals surface area (Å²) in [5.74, 6) is -0.210. The maximum Gasteiger partial charge on any atom is 0.255 e. The first-order valence-corrected chi connectivity index (χ1v) is 13.2. The number of para-hydroxylation sites is 2. The lowest BCUT2D eigenvalue weighted by atomic mass is 10.2. The smallest absolute Gasteiger partial charge is 0.255 e. The number of carbonyl (C=O) groups is 1. The lowest BCUT2D eigenvalue weighted by Crippen LogP contribution is -2.18. The first-order chi connectivity index (χ1) is 18.1. The Morgan fingerprint density at radius 2 is 1.84 bits per heavy atom. The molecule has 0 spiro atoms. The van der Waals surface area contributed by atoms with E-state index in [1.54, 1.807) is 24.3 Å². The molecule has 4 heterocycles. The molecule has 3 aromatic heterocycles. The number of anilines is 4. The zero-order valence-electron chi connectivity index (χ0n) is 20.2. The van der Waals surface area contributed by atoms with Crippen molar-refractivity contribution in [2.24, 2.45) is 0 Å². The Bertz CT molecular complexity index is 1550. The van der Waals surface area contributed by atoms with Crippen LogP contribution in [0.4, 0.5) is 22.2 Å². The summed E-state index contributed by atoms with van der Waals surface area (Å²) in [6, 6.07) is 18.7. The van der Waals surface area contributed by atoms with Crippen LogP contribution in [0.2, 0.25) is 0 Å². The van der Waals surface area contributed by atoms with Gasteiger partial charge in [0.1, 0.15) is 11.3 Å². The Labute approximate surface area is 218 Å². The van der Waals surface area contributed by atoms with Crippen LogP contribution in [0, 0.1) is 0 Å². The fourth-order valence-corrected chi connectivity index (χ4v) is 5.31. The predicted molar refractivity (Wildman–Crippen MR) is 149 cm³/mol. The number of imidazole rings is 1. The van der Waals surface area contributed by atoms with Gasteiger partial charge in [0, 0.05) is 29.4 Å². The minimum Gasteiger partial charge on any atom is -0.397 e. The van der Waals surface area contributed by atoms with Gasteiger partial charge in [0.2, 0.25) is 0 Å². The number of rotatable bonds is 7.